The maximum absolute atomic E-state index is 14.2. The van der Waals surface area contributed by atoms with Gasteiger partial charge in [-0.2, -0.15) is 0 Å². The van der Waals surface area contributed by atoms with Crippen LogP contribution in [0.25, 0.3) is 0 Å². The number of aromatic nitrogens is 2. The van der Waals surface area contributed by atoms with Gasteiger partial charge in [-0.3, -0.25) is 24.1 Å². The summed E-state index contributed by atoms with van der Waals surface area (Å²) in [4.78, 5) is 69.3. The van der Waals surface area contributed by atoms with E-state index in [1.165, 1.54) is 6.42 Å². The minimum atomic E-state index is -0.584. The number of carbonyl (C=O) groups excluding carboxylic acids is 4. The smallest absolute Gasteiger partial charge is 0.242 e. The van der Waals surface area contributed by atoms with Gasteiger partial charge in [-0.1, -0.05) is 91.6 Å². The van der Waals surface area contributed by atoms with Crippen LogP contribution in [-0.2, 0) is 35.1 Å². The van der Waals surface area contributed by atoms with Crippen LogP contribution in [0.2, 0.25) is 0 Å². The quantitative estimate of drug-likeness (QED) is 0.190. The number of likely N-dealkylation sites (tertiary alicyclic amines) is 2. The zero-order chi connectivity index (χ0) is 43.6. The molecule has 2 N–H and O–H groups in total. The Kier molecular flexibility index (Phi) is 20.9. The molecule has 2 saturated heterocycles. The van der Waals surface area contributed by atoms with Crippen molar-refractivity contribution < 1.29 is 28.7 Å². The third-order valence-corrected chi connectivity index (χ3v) is 12.4. The summed E-state index contributed by atoms with van der Waals surface area (Å²) >= 11 is 0. The standard InChI is InChI=1S/C41H61N7O6.C3H8.C2H6/c1-8-26(2)36(47(5)35(50)25-44-41(52)37-29-17-18-30(23-29)46(37)4)33(53-6)24-34(49)48-21-12-16-32(48)38(54-7)27(3)40(51)45-31(39-42-19-13-20-43-39)22-28-14-10-9-11-15-28;1-3-2;1-2/h9-11,13-15,19-20,26-27,29-33,36-38H,8,12,16-18,21-25H2,1-7H3,(H,44,52)(H,45,51);3H2,1-2H3;1-2H3/t26?,27?,29?,30?,31-,32?,33?,36?,37?,38?;;/m0../s1. The Morgan fingerprint density at radius 1 is 0.949 bits per heavy atom. The second-order valence-electron chi connectivity index (χ2n) is 16.3. The zero-order valence-electron chi connectivity index (χ0n) is 37.9. The van der Waals surface area contributed by atoms with Crippen LogP contribution < -0.4 is 10.6 Å². The summed E-state index contributed by atoms with van der Waals surface area (Å²) in [5, 5.41) is 6.08. The molecule has 59 heavy (non-hydrogen) atoms. The van der Waals surface area contributed by atoms with Crippen molar-refractivity contribution in [1.82, 2.24) is 35.3 Å². The molecule has 3 heterocycles. The van der Waals surface area contributed by atoms with Gasteiger partial charge in [0.2, 0.25) is 23.6 Å². The molecule has 2 bridgehead atoms. The highest BCUT2D eigenvalue weighted by molar-refractivity contribution is 5.88. The molecule has 9 unspecified atom stereocenters. The van der Waals surface area contributed by atoms with Crippen molar-refractivity contribution in [3.63, 3.8) is 0 Å². The number of hydrogen-bond donors (Lipinski definition) is 2. The van der Waals surface area contributed by atoms with Crippen LogP contribution >= 0.6 is 0 Å². The Morgan fingerprint density at radius 2 is 1.61 bits per heavy atom. The van der Waals surface area contributed by atoms with E-state index in [0.29, 0.717) is 37.2 Å². The van der Waals surface area contributed by atoms with E-state index in [4.69, 9.17) is 9.47 Å². The Labute approximate surface area is 354 Å². The minimum Gasteiger partial charge on any atom is -0.379 e. The maximum atomic E-state index is 14.2. The molecule has 5 rings (SSSR count). The van der Waals surface area contributed by atoms with E-state index in [1.807, 2.05) is 63.1 Å². The number of nitrogens with one attached hydrogen (secondary N) is 2. The highest BCUT2D eigenvalue weighted by Gasteiger charge is 2.47. The Morgan fingerprint density at radius 3 is 2.19 bits per heavy atom. The van der Waals surface area contributed by atoms with Crippen molar-refractivity contribution in [3.05, 3.63) is 60.2 Å². The molecule has 1 aromatic carbocycles. The summed E-state index contributed by atoms with van der Waals surface area (Å²) < 4.78 is 12.0. The summed E-state index contributed by atoms with van der Waals surface area (Å²) in [6.45, 7) is 14.6. The van der Waals surface area contributed by atoms with Crippen LogP contribution in [0.3, 0.4) is 0 Å². The molecule has 3 aliphatic rings. The molecule has 13 heteroatoms. The average molecular weight is 822 g/mol. The molecule has 1 aromatic heterocycles. The molecule has 0 spiro atoms. The number of amides is 4. The number of benzene rings is 1. The second kappa shape index (κ2) is 25.0. The van der Waals surface area contributed by atoms with E-state index in [1.54, 1.807) is 44.6 Å². The van der Waals surface area contributed by atoms with E-state index in [2.05, 4.69) is 53.2 Å². The normalized spacial score (nSPS) is 22.7. The lowest BCUT2D eigenvalue weighted by molar-refractivity contribution is -0.146. The van der Waals surface area contributed by atoms with Crippen LogP contribution in [-0.4, -0.2) is 126 Å². The lowest BCUT2D eigenvalue weighted by atomic mass is 9.90. The summed E-state index contributed by atoms with van der Waals surface area (Å²) in [6.07, 6.45) is 9.47. The molecule has 10 atom stereocenters. The van der Waals surface area contributed by atoms with Crippen LogP contribution in [0, 0.1) is 17.8 Å². The second-order valence-corrected chi connectivity index (χ2v) is 16.3. The van der Waals surface area contributed by atoms with Crippen molar-refractivity contribution in [3.8, 4) is 0 Å². The number of nitrogens with zero attached hydrogens (tertiary/aromatic N) is 5. The van der Waals surface area contributed by atoms with E-state index in [9.17, 15) is 19.2 Å². The number of methoxy groups -OCH3 is 2. The summed E-state index contributed by atoms with van der Waals surface area (Å²) in [6, 6.07) is 10.7. The van der Waals surface area contributed by atoms with Gasteiger partial charge in [0.05, 0.1) is 55.3 Å². The fourth-order valence-electron chi connectivity index (χ4n) is 9.17. The highest BCUT2D eigenvalue weighted by Crippen LogP contribution is 2.41. The van der Waals surface area contributed by atoms with E-state index < -0.39 is 30.2 Å². The number of fused-ring (bicyclic) bond motifs is 2. The maximum Gasteiger partial charge on any atom is 0.242 e. The van der Waals surface area contributed by atoms with E-state index in [0.717, 1.165) is 37.7 Å². The number of ether oxygens (including phenoxy) is 2. The topological polar surface area (TPSA) is 146 Å². The van der Waals surface area contributed by atoms with Crippen LogP contribution in [0.4, 0.5) is 0 Å². The molecule has 330 valence electrons. The molecule has 1 aliphatic carbocycles. The van der Waals surface area contributed by atoms with Gasteiger partial charge in [0.25, 0.3) is 0 Å². The first-order chi connectivity index (χ1) is 28.4. The average Bonchev–Trinajstić information content (AvgIpc) is 4.02. The molecule has 2 aliphatic heterocycles. The van der Waals surface area contributed by atoms with Crippen LogP contribution in [0.15, 0.2) is 48.8 Å². The number of likely N-dealkylation sites (N-methyl/N-ethyl adjacent to an activating group) is 2. The fourth-order valence-corrected chi connectivity index (χ4v) is 9.17. The van der Waals surface area contributed by atoms with Gasteiger partial charge in [0.1, 0.15) is 0 Å². The SMILES string of the molecule is CC.CCC.CCC(C)C(C(CC(=O)N1CCCC1C(OC)C(C)C(=O)N[C@@H](Cc1ccccc1)c1ncccn1)OC)N(C)C(=O)CNC(=O)C1C2CCC(C2)N1C. The molecule has 13 nitrogen and oxygen atoms in total. The molecule has 4 amide bonds. The van der Waals surface area contributed by atoms with Crippen LogP contribution in [0.1, 0.15) is 117 Å². The van der Waals surface area contributed by atoms with Gasteiger partial charge in [-0.25, -0.2) is 9.97 Å². The van der Waals surface area contributed by atoms with Crippen molar-refractivity contribution >= 4 is 23.6 Å². The summed E-state index contributed by atoms with van der Waals surface area (Å²) in [5.41, 5.74) is 1.04. The van der Waals surface area contributed by atoms with E-state index in [-0.39, 0.29) is 54.6 Å². The van der Waals surface area contributed by atoms with Gasteiger partial charge in [-0.15, -0.1) is 0 Å². The third kappa shape index (κ3) is 13.0. The Balaban J connectivity index is 0.00000178. The summed E-state index contributed by atoms with van der Waals surface area (Å²) in [5.74, 6) is -0.338. The van der Waals surface area contributed by atoms with Crippen molar-refractivity contribution in [2.45, 2.75) is 149 Å². The van der Waals surface area contributed by atoms with Crippen molar-refractivity contribution in [1.29, 1.82) is 0 Å². The fraction of sp³-hybridized carbons (Fsp3) is 0.696. The lowest BCUT2D eigenvalue weighted by Gasteiger charge is -2.39. The zero-order valence-corrected chi connectivity index (χ0v) is 37.9. The first-order valence-electron chi connectivity index (χ1n) is 22.1. The van der Waals surface area contributed by atoms with Crippen molar-refractivity contribution in [2.24, 2.45) is 17.8 Å². The number of rotatable bonds is 18. The molecular formula is C46H75N7O6. The molecule has 3 fully saturated rings. The number of hydrogen-bond acceptors (Lipinski definition) is 9. The minimum absolute atomic E-state index is 0.0198. The van der Waals surface area contributed by atoms with Crippen molar-refractivity contribution in [2.75, 3.05) is 41.4 Å². The summed E-state index contributed by atoms with van der Waals surface area (Å²) in [7, 11) is 6.90. The molecule has 2 aromatic rings. The van der Waals surface area contributed by atoms with Gasteiger partial charge >= 0.3 is 0 Å². The van der Waals surface area contributed by atoms with Gasteiger partial charge in [0, 0.05) is 46.2 Å². The first kappa shape index (κ1) is 49.4. The lowest BCUT2D eigenvalue weighted by Crippen LogP contribution is -2.55. The van der Waals surface area contributed by atoms with Gasteiger partial charge in [0.15, 0.2) is 5.82 Å². The van der Waals surface area contributed by atoms with Crippen LogP contribution in [0.5, 0.6) is 0 Å². The van der Waals surface area contributed by atoms with Gasteiger partial charge < -0.3 is 29.9 Å². The predicted molar refractivity (Wildman–Crippen MR) is 232 cm³/mol. The third-order valence-electron chi connectivity index (χ3n) is 12.4. The Hall–Kier alpha value is -3.94. The number of piperidine rings is 1. The Bertz CT molecular complexity index is 1570. The molecular weight excluding hydrogens is 747 g/mol. The monoisotopic (exact) mass is 822 g/mol. The highest BCUT2D eigenvalue weighted by atomic mass is 16.5. The van der Waals surface area contributed by atoms with Gasteiger partial charge in [-0.05, 0) is 69.0 Å². The first-order valence-corrected chi connectivity index (χ1v) is 22.1. The molecule has 0 radical (unpaired) electrons. The number of carbonyl (C=O) groups is 4. The molecule has 1 saturated carbocycles. The largest absolute Gasteiger partial charge is 0.379 e. The van der Waals surface area contributed by atoms with E-state index >= 15 is 0 Å². The predicted octanol–water partition coefficient (Wildman–Crippen LogP) is 5.84.